The first kappa shape index (κ1) is 16.9. The van der Waals surface area contributed by atoms with E-state index in [-0.39, 0.29) is 5.75 Å². The molecule has 0 saturated carbocycles. The van der Waals surface area contributed by atoms with Gasteiger partial charge in [0.15, 0.2) is 0 Å². The Kier molecular flexibility index (Phi) is 6.38. The van der Waals surface area contributed by atoms with E-state index in [0.29, 0.717) is 13.0 Å². The molecule has 112 valence electrons. The van der Waals surface area contributed by atoms with Gasteiger partial charge in [0.1, 0.15) is 0 Å². The van der Waals surface area contributed by atoms with Gasteiger partial charge in [0.25, 0.3) is 0 Å². The minimum atomic E-state index is -3.21. The van der Waals surface area contributed by atoms with Crippen LogP contribution in [0.1, 0.15) is 30.2 Å². The molecule has 1 aromatic rings. The van der Waals surface area contributed by atoms with Crippen molar-refractivity contribution in [3.63, 3.8) is 0 Å². The van der Waals surface area contributed by atoms with Gasteiger partial charge in [0, 0.05) is 24.5 Å². The maximum absolute atomic E-state index is 12.0. The average Bonchev–Trinajstić information content (AvgIpc) is 2.81. The van der Waals surface area contributed by atoms with Gasteiger partial charge in [-0.1, -0.05) is 13.3 Å². The molecule has 1 heterocycles. The first-order valence-electron chi connectivity index (χ1n) is 6.27. The van der Waals surface area contributed by atoms with Crippen LogP contribution in [0, 0.1) is 0 Å². The second kappa shape index (κ2) is 7.56. The highest BCUT2D eigenvalue weighted by molar-refractivity contribution is 7.89. The molecule has 0 aliphatic carbocycles. The molecule has 0 saturated heterocycles. The van der Waals surface area contributed by atoms with Crippen molar-refractivity contribution in [2.24, 2.45) is 0 Å². The van der Waals surface area contributed by atoms with Gasteiger partial charge in [-0.2, -0.15) is 0 Å². The molecule has 1 rings (SSSR count). The third-order valence-corrected chi connectivity index (χ3v) is 5.53. The molecule has 0 bridgehead atoms. The highest BCUT2D eigenvalue weighted by Gasteiger charge is 2.17. The third-order valence-electron chi connectivity index (χ3n) is 2.70. The molecule has 0 atom stereocenters. The van der Waals surface area contributed by atoms with Gasteiger partial charge < -0.3 is 5.11 Å². The van der Waals surface area contributed by atoms with Crippen LogP contribution in [0.2, 0.25) is 0 Å². The van der Waals surface area contributed by atoms with Crippen molar-refractivity contribution in [1.82, 2.24) is 4.31 Å². The molecule has 0 unspecified atom stereocenters. The summed E-state index contributed by atoms with van der Waals surface area (Å²) < 4.78 is 25.2. The summed E-state index contributed by atoms with van der Waals surface area (Å²) in [6.45, 7) is 2.26. The quantitative estimate of drug-likeness (QED) is 0.747. The van der Waals surface area contributed by atoms with E-state index in [1.165, 1.54) is 21.7 Å². The maximum Gasteiger partial charge on any atom is 0.328 e. The van der Waals surface area contributed by atoms with Crippen molar-refractivity contribution in [3.05, 3.63) is 28.0 Å². The number of carboxylic acids is 1. The van der Waals surface area contributed by atoms with Crippen LogP contribution in [0.5, 0.6) is 0 Å². The molecule has 5 nitrogen and oxygen atoms in total. The van der Waals surface area contributed by atoms with Gasteiger partial charge >= 0.3 is 5.97 Å². The lowest BCUT2D eigenvalue weighted by atomic mass is 10.3. The Morgan fingerprint density at radius 2 is 2.20 bits per heavy atom. The monoisotopic (exact) mass is 317 g/mol. The number of carboxylic acid groups (broad SMARTS) is 1. The summed E-state index contributed by atoms with van der Waals surface area (Å²) in [6.07, 6.45) is 4.07. The van der Waals surface area contributed by atoms with E-state index in [1.54, 1.807) is 13.1 Å². The molecule has 0 spiro atoms. The molecule has 0 fully saturated rings. The largest absolute Gasteiger partial charge is 0.478 e. The van der Waals surface area contributed by atoms with Crippen molar-refractivity contribution in [3.8, 4) is 0 Å². The molecule has 0 radical (unpaired) electrons. The van der Waals surface area contributed by atoms with Crippen molar-refractivity contribution in [1.29, 1.82) is 0 Å². The number of rotatable bonds is 8. The molecule has 7 heteroatoms. The predicted molar refractivity (Wildman–Crippen MR) is 81.2 cm³/mol. The number of aliphatic carboxylic acids is 1. The van der Waals surface area contributed by atoms with Crippen LogP contribution in [-0.4, -0.2) is 36.6 Å². The zero-order valence-electron chi connectivity index (χ0n) is 11.6. The number of carbonyl (C=O) groups is 1. The zero-order valence-corrected chi connectivity index (χ0v) is 13.2. The summed E-state index contributed by atoms with van der Waals surface area (Å²) in [7, 11) is -1.65. The normalized spacial score (nSPS) is 12.3. The number of nitrogens with zero attached hydrogens (tertiary/aromatic N) is 1. The lowest BCUT2D eigenvalue weighted by Crippen LogP contribution is -2.28. The minimum Gasteiger partial charge on any atom is -0.478 e. The van der Waals surface area contributed by atoms with Crippen LogP contribution in [-0.2, 0) is 21.4 Å². The van der Waals surface area contributed by atoms with Crippen LogP contribution in [0.15, 0.2) is 17.5 Å². The van der Waals surface area contributed by atoms with Crippen LogP contribution in [0.4, 0.5) is 0 Å². The highest BCUT2D eigenvalue weighted by Crippen LogP contribution is 2.18. The Labute approximate surface area is 123 Å². The summed E-state index contributed by atoms with van der Waals surface area (Å²) in [4.78, 5) is 11.2. The second-order valence-electron chi connectivity index (χ2n) is 4.45. The van der Waals surface area contributed by atoms with E-state index in [9.17, 15) is 13.2 Å². The Morgan fingerprint density at radius 1 is 1.50 bits per heavy atom. The van der Waals surface area contributed by atoms with E-state index in [0.717, 1.165) is 22.9 Å². The van der Waals surface area contributed by atoms with Crippen LogP contribution in [0.3, 0.4) is 0 Å². The van der Waals surface area contributed by atoms with E-state index in [1.807, 2.05) is 12.3 Å². The van der Waals surface area contributed by atoms with Crippen LogP contribution < -0.4 is 0 Å². The van der Waals surface area contributed by atoms with Gasteiger partial charge in [0.2, 0.25) is 10.0 Å². The van der Waals surface area contributed by atoms with E-state index in [4.69, 9.17) is 5.11 Å². The maximum atomic E-state index is 12.0. The number of thiophene rings is 1. The molecule has 0 amide bonds. The molecule has 1 N–H and O–H groups in total. The minimum absolute atomic E-state index is 0.163. The van der Waals surface area contributed by atoms with Crippen molar-refractivity contribution in [2.75, 3.05) is 12.8 Å². The molecule has 0 aliphatic heterocycles. The molecule has 0 aromatic carbocycles. The fraction of sp³-hybridized carbons (Fsp3) is 0.462. The number of sulfonamides is 1. The van der Waals surface area contributed by atoms with Gasteiger partial charge in [-0.15, -0.1) is 11.3 Å². The average molecular weight is 317 g/mol. The topological polar surface area (TPSA) is 74.7 Å². The van der Waals surface area contributed by atoms with Gasteiger partial charge in [-0.3, -0.25) is 0 Å². The first-order chi connectivity index (χ1) is 9.35. The molecule has 1 aromatic heterocycles. The van der Waals surface area contributed by atoms with Gasteiger partial charge in [-0.05, 0) is 29.5 Å². The summed E-state index contributed by atoms with van der Waals surface area (Å²) in [5.74, 6) is -0.838. The van der Waals surface area contributed by atoms with Crippen LogP contribution >= 0.6 is 11.3 Å². The summed E-state index contributed by atoms with van der Waals surface area (Å²) in [5.41, 5.74) is 0.864. The van der Waals surface area contributed by atoms with E-state index < -0.39 is 16.0 Å². The summed E-state index contributed by atoms with van der Waals surface area (Å²) >= 11 is 1.39. The second-order valence-corrected chi connectivity index (χ2v) is 7.59. The fourth-order valence-corrected chi connectivity index (χ4v) is 3.66. The summed E-state index contributed by atoms with van der Waals surface area (Å²) in [6, 6.07) is 1.80. The lowest BCUT2D eigenvalue weighted by molar-refractivity contribution is -0.131. The SMILES string of the molecule is CCCCS(=O)(=O)N(C)Cc1csc(C=CC(=O)O)c1. The first-order valence-corrected chi connectivity index (χ1v) is 8.76. The van der Waals surface area contributed by atoms with Crippen LogP contribution in [0.25, 0.3) is 6.08 Å². The highest BCUT2D eigenvalue weighted by atomic mass is 32.2. The standard InChI is InChI=1S/C13H19NO4S2/c1-3-4-7-20(17,18)14(2)9-11-8-12(19-10-11)5-6-13(15)16/h5-6,8,10H,3-4,7,9H2,1-2H3,(H,15,16). The summed E-state index contributed by atoms with van der Waals surface area (Å²) in [5, 5.41) is 10.4. The number of hydrogen-bond acceptors (Lipinski definition) is 4. The molecular weight excluding hydrogens is 298 g/mol. The molecule has 0 aliphatic rings. The number of unbranched alkanes of at least 4 members (excludes halogenated alkanes) is 1. The van der Waals surface area contributed by atoms with Gasteiger partial charge in [0.05, 0.1) is 5.75 Å². The van der Waals surface area contributed by atoms with E-state index in [2.05, 4.69) is 0 Å². The van der Waals surface area contributed by atoms with E-state index >= 15 is 0 Å². The molecule has 20 heavy (non-hydrogen) atoms. The zero-order chi connectivity index (χ0) is 15.2. The Morgan fingerprint density at radius 3 is 2.80 bits per heavy atom. The lowest BCUT2D eigenvalue weighted by Gasteiger charge is -2.16. The van der Waals surface area contributed by atoms with Crippen molar-refractivity contribution >= 4 is 33.4 Å². The van der Waals surface area contributed by atoms with Crippen molar-refractivity contribution in [2.45, 2.75) is 26.3 Å². The number of hydrogen-bond donors (Lipinski definition) is 1. The Hall–Kier alpha value is -1.18. The Bertz CT molecular complexity index is 575. The molecular formula is C13H19NO4S2. The predicted octanol–water partition coefficient (Wildman–Crippen LogP) is 2.41. The van der Waals surface area contributed by atoms with Crippen molar-refractivity contribution < 1.29 is 18.3 Å². The third kappa shape index (κ3) is 5.44. The fourth-order valence-electron chi connectivity index (χ4n) is 1.56. The smallest absolute Gasteiger partial charge is 0.328 e. The van der Waals surface area contributed by atoms with Gasteiger partial charge in [-0.25, -0.2) is 17.5 Å². The Balaban J connectivity index is 2.67.